The molecular formula is C19H16O3. The molecular weight excluding hydrogens is 276 g/mol. The van der Waals surface area contributed by atoms with Gasteiger partial charge < -0.3 is 5.11 Å². The molecule has 0 bridgehead atoms. The zero-order valence-corrected chi connectivity index (χ0v) is 12.1. The van der Waals surface area contributed by atoms with Crippen LogP contribution in [0.2, 0.25) is 0 Å². The van der Waals surface area contributed by atoms with Crippen molar-refractivity contribution in [2.24, 2.45) is 0 Å². The Bertz CT molecular complexity index is 757. The highest BCUT2D eigenvalue weighted by Gasteiger charge is 2.31. The largest absolute Gasteiger partial charge is 0.507 e. The molecule has 0 saturated carbocycles. The van der Waals surface area contributed by atoms with Crippen molar-refractivity contribution < 1.29 is 14.7 Å². The highest BCUT2D eigenvalue weighted by Crippen LogP contribution is 2.30. The summed E-state index contributed by atoms with van der Waals surface area (Å²) >= 11 is 0. The molecule has 0 aromatic heterocycles. The van der Waals surface area contributed by atoms with Crippen LogP contribution in [0, 0.1) is 0 Å². The van der Waals surface area contributed by atoms with Crippen molar-refractivity contribution in [2.75, 3.05) is 0 Å². The summed E-state index contributed by atoms with van der Waals surface area (Å²) in [5.41, 5.74) is 2.16. The molecule has 1 aliphatic carbocycles. The zero-order valence-electron chi connectivity index (χ0n) is 12.1. The Morgan fingerprint density at radius 3 is 2.09 bits per heavy atom. The second-order valence-corrected chi connectivity index (χ2v) is 5.37. The lowest BCUT2D eigenvalue weighted by Crippen LogP contribution is -2.24. The number of carbonyl (C=O) groups is 2. The van der Waals surface area contributed by atoms with E-state index in [4.69, 9.17) is 0 Å². The van der Waals surface area contributed by atoms with Crippen LogP contribution in [-0.2, 0) is 11.2 Å². The molecule has 22 heavy (non-hydrogen) atoms. The second kappa shape index (κ2) is 5.98. The van der Waals surface area contributed by atoms with Crippen LogP contribution in [-0.4, -0.2) is 16.7 Å². The SMILES string of the molecule is O=C1C(=O)c2ccccc2C(O)=C1CCCc1ccccc1. The Morgan fingerprint density at radius 2 is 1.36 bits per heavy atom. The van der Waals surface area contributed by atoms with Gasteiger partial charge in [0.25, 0.3) is 0 Å². The number of benzene rings is 2. The standard InChI is InChI=1S/C19H16O3/c20-17-14-10-4-5-11-15(14)18(21)19(22)16(17)12-6-9-13-7-2-1-3-8-13/h1-5,7-8,10-11,20H,6,9,12H2. The van der Waals surface area contributed by atoms with E-state index in [9.17, 15) is 14.7 Å². The fourth-order valence-corrected chi connectivity index (χ4v) is 2.76. The van der Waals surface area contributed by atoms with E-state index in [1.165, 1.54) is 5.56 Å². The molecule has 110 valence electrons. The number of rotatable bonds is 4. The minimum atomic E-state index is -0.579. The molecule has 3 heteroatoms. The monoisotopic (exact) mass is 292 g/mol. The number of aliphatic hydroxyl groups excluding tert-OH is 1. The number of aliphatic hydroxyl groups is 1. The first kappa shape index (κ1) is 14.3. The van der Waals surface area contributed by atoms with Crippen LogP contribution in [0.3, 0.4) is 0 Å². The fraction of sp³-hybridized carbons (Fsp3) is 0.158. The normalized spacial score (nSPS) is 14.2. The van der Waals surface area contributed by atoms with Crippen molar-refractivity contribution in [1.82, 2.24) is 0 Å². The third kappa shape index (κ3) is 2.58. The Labute approximate surface area is 128 Å². The molecule has 0 amide bonds. The highest BCUT2D eigenvalue weighted by atomic mass is 16.3. The lowest BCUT2D eigenvalue weighted by Gasteiger charge is -2.17. The van der Waals surface area contributed by atoms with Crippen LogP contribution in [0.25, 0.3) is 5.76 Å². The van der Waals surface area contributed by atoms with E-state index in [-0.39, 0.29) is 16.9 Å². The number of fused-ring (bicyclic) bond motifs is 1. The molecule has 0 fully saturated rings. The predicted octanol–water partition coefficient (Wildman–Crippen LogP) is 3.74. The van der Waals surface area contributed by atoms with E-state index in [0.29, 0.717) is 18.4 Å². The van der Waals surface area contributed by atoms with Gasteiger partial charge in [0.2, 0.25) is 11.6 Å². The van der Waals surface area contributed by atoms with E-state index in [0.717, 1.165) is 6.42 Å². The van der Waals surface area contributed by atoms with Crippen LogP contribution in [0.4, 0.5) is 0 Å². The average molecular weight is 292 g/mol. The van der Waals surface area contributed by atoms with Crippen molar-refractivity contribution in [3.8, 4) is 0 Å². The predicted molar refractivity (Wildman–Crippen MR) is 84.7 cm³/mol. The van der Waals surface area contributed by atoms with Crippen LogP contribution in [0.5, 0.6) is 0 Å². The molecule has 0 radical (unpaired) electrons. The summed E-state index contributed by atoms with van der Waals surface area (Å²) in [5, 5.41) is 10.3. The van der Waals surface area contributed by atoms with E-state index in [1.54, 1.807) is 24.3 Å². The van der Waals surface area contributed by atoms with Crippen molar-refractivity contribution in [3.05, 3.63) is 76.9 Å². The fourth-order valence-electron chi connectivity index (χ4n) is 2.76. The van der Waals surface area contributed by atoms with Gasteiger partial charge in [-0.15, -0.1) is 0 Å². The maximum absolute atomic E-state index is 12.2. The number of hydrogen-bond donors (Lipinski definition) is 1. The summed E-state index contributed by atoms with van der Waals surface area (Å²) < 4.78 is 0. The van der Waals surface area contributed by atoms with E-state index in [1.807, 2.05) is 30.3 Å². The minimum Gasteiger partial charge on any atom is -0.507 e. The van der Waals surface area contributed by atoms with Gasteiger partial charge in [-0.1, -0.05) is 54.6 Å². The lowest BCUT2D eigenvalue weighted by atomic mass is 9.86. The first-order chi connectivity index (χ1) is 10.7. The number of ketones is 2. The molecule has 3 rings (SSSR count). The quantitative estimate of drug-likeness (QED) is 0.873. The Balaban J connectivity index is 1.81. The Hall–Kier alpha value is -2.68. The van der Waals surface area contributed by atoms with Gasteiger partial charge in [-0.05, 0) is 24.8 Å². The maximum atomic E-state index is 12.2. The summed E-state index contributed by atoms with van der Waals surface area (Å²) in [6.45, 7) is 0. The highest BCUT2D eigenvalue weighted by molar-refractivity contribution is 6.52. The van der Waals surface area contributed by atoms with Crippen molar-refractivity contribution >= 4 is 17.3 Å². The molecule has 0 unspecified atom stereocenters. The molecule has 1 N–H and O–H groups in total. The van der Waals surface area contributed by atoms with Crippen LogP contribution < -0.4 is 0 Å². The molecule has 1 aliphatic rings. The Morgan fingerprint density at radius 1 is 0.727 bits per heavy atom. The molecule has 0 atom stereocenters. The summed E-state index contributed by atoms with van der Waals surface area (Å²) in [4.78, 5) is 24.3. The molecule has 3 nitrogen and oxygen atoms in total. The molecule has 2 aromatic carbocycles. The third-order valence-electron chi connectivity index (χ3n) is 3.93. The van der Waals surface area contributed by atoms with Gasteiger partial charge in [-0.25, -0.2) is 0 Å². The van der Waals surface area contributed by atoms with Crippen molar-refractivity contribution in [1.29, 1.82) is 0 Å². The van der Waals surface area contributed by atoms with E-state index < -0.39 is 11.6 Å². The number of carbonyl (C=O) groups excluding carboxylic acids is 2. The van der Waals surface area contributed by atoms with Gasteiger partial charge in [0, 0.05) is 16.7 Å². The molecule has 0 spiro atoms. The van der Waals surface area contributed by atoms with Gasteiger partial charge >= 0.3 is 0 Å². The smallest absolute Gasteiger partial charge is 0.234 e. The second-order valence-electron chi connectivity index (χ2n) is 5.37. The van der Waals surface area contributed by atoms with Gasteiger partial charge in [0.05, 0.1) is 0 Å². The number of Topliss-reactive ketones (excluding diaryl/α,β-unsaturated/α-hetero) is 2. The topological polar surface area (TPSA) is 54.4 Å². The average Bonchev–Trinajstić information content (AvgIpc) is 2.57. The number of allylic oxidation sites excluding steroid dienone is 1. The lowest BCUT2D eigenvalue weighted by molar-refractivity contribution is -0.112. The van der Waals surface area contributed by atoms with Crippen molar-refractivity contribution in [3.63, 3.8) is 0 Å². The number of hydrogen-bond acceptors (Lipinski definition) is 3. The van der Waals surface area contributed by atoms with Gasteiger partial charge in [-0.3, -0.25) is 9.59 Å². The molecule has 0 aliphatic heterocycles. The third-order valence-corrected chi connectivity index (χ3v) is 3.93. The summed E-state index contributed by atoms with van der Waals surface area (Å²) in [6.07, 6.45) is 1.92. The van der Waals surface area contributed by atoms with Crippen LogP contribution in [0.15, 0.2) is 60.2 Å². The van der Waals surface area contributed by atoms with E-state index in [2.05, 4.69) is 0 Å². The van der Waals surface area contributed by atoms with Crippen LogP contribution >= 0.6 is 0 Å². The summed E-state index contributed by atoms with van der Waals surface area (Å²) in [6, 6.07) is 16.6. The molecule has 0 heterocycles. The Kier molecular flexibility index (Phi) is 3.88. The maximum Gasteiger partial charge on any atom is 0.234 e. The first-order valence-corrected chi connectivity index (χ1v) is 7.33. The minimum absolute atomic E-state index is 0.0479. The first-order valence-electron chi connectivity index (χ1n) is 7.33. The van der Waals surface area contributed by atoms with Gasteiger partial charge in [0.15, 0.2) is 0 Å². The van der Waals surface area contributed by atoms with Crippen LogP contribution in [0.1, 0.15) is 34.3 Å². The molecule has 2 aromatic rings. The number of aryl methyl sites for hydroxylation is 1. The van der Waals surface area contributed by atoms with E-state index >= 15 is 0 Å². The van der Waals surface area contributed by atoms with Gasteiger partial charge in [0.1, 0.15) is 5.76 Å². The summed E-state index contributed by atoms with van der Waals surface area (Å²) in [5.74, 6) is -1.15. The van der Waals surface area contributed by atoms with Gasteiger partial charge in [-0.2, -0.15) is 0 Å². The summed E-state index contributed by atoms with van der Waals surface area (Å²) in [7, 11) is 0. The molecule has 0 saturated heterocycles. The van der Waals surface area contributed by atoms with Crippen molar-refractivity contribution in [2.45, 2.75) is 19.3 Å². The zero-order chi connectivity index (χ0) is 15.5.